The third kappa shape index (κ3) is 2.29. The minimum absolute atomic E-state index is 0.119. The summed E-state index contributed by atoms with van der Waals surface area (Å²) in [6.07, 6.45) is 2.96. The van der Waals surface area contributed by atoms with Gasteiger partial charge < -0.3 is 4.74 Å². The number of aromatic nitrogens is 2. The molecule has 0 radical (unpaired) electrons. The standard InChI is InChI=1S/C15H16N2O2S/c1-19-11-7-5-10(6-8-11)9-17-13-4-2-3-12(13)14(20)16-15(17)18/h5-8H,2-4,9H2,1H3,(H,16,18,20). The SMILES string of the molecule is COc1ccc(Cn2c3c(c(=S)[nH]c2=O)CCC3)cc1. The summed E-state index contributed by atoms with van der Waals surface area (Å²) in [5.41, 5.74) is 3.18. The molecular weight excluding hydrogens is 272 g/mol. The normalized spacial score (nSPS) is 13.2. The lowest BCUT2D eigenvalue weighted by Gasteiger charge is -2.12. The molecule has 0 atom stereocenters. The number of hydrogen-bond donors (Lipinski definition) is 1. The first-order chi connectivity index (χ1) is 9.69. The third-order valence-corrected chi connectivity index (χ3v) is 4.10. The van der Waals surface area contributed by atoms with Crippen LogP contribution in [0.5, 0.6) is 5.75 Å². The van der Waals surface area contributed by atoms with Gasteiger partial charge in [-0.1, -0.05) is 24.4 Å². The lowest BCUT2D eigenvalue weighted by molar-refractivity contribution is 0.414. The van der Waals surface area contributed by atoms with E-state index < -0.39 is 0 Å². The maximum Gasteiger partial charge on any atom is 0.327 e. The van der Waals surface area contributed by atoms with Crippen LogP contribution >= 0.6 is 12.2 Å². The van der Waals surface area contributed by atoms with Crippen molar-refractivity contribution in [1.82, 2.24) is 9.55 Å². The van der Waals surface area contributed by atoms with E-state index in [0.29, 0.717) is 11.2 Å². The average Bonchev–Trinajstić information content (AvgIpc) is 2.94. The van der Waals surface area contributed by atoms with Gasteiger partial charge in [-0.3, -0.25) is 9.55 Å². The van der Waals surface area contributed by atoms with Crippen LogP contribution in [0.4, 0.5) is 0 Å². The Kier molecular flexibility index (Phi) is 3.44. The molecule has 1 aliphatic rings. The molecule has 4 nitrogen and oxygen atoms in total. The minimum atomic E-state index is -0.119. The molecule has 0 bridgehead atoms. The molecule has 0 unspecified atom stereocenters. The van der Waals surface area contributed by atoms with E-state index in [2.05, 4.69) is 4.98 Å². The highest BCUT2D eigenvalue weighted by atomic mass is 32.1. The zero-order chi connectivity index (χ0) is 14.1. The predicted octanol–water partition coefficient (Wildman–Crippen LogP) is 2.45. The van der Waals surface area contributed by atoms with Crippen LogP contribution in [-0.2, 0) is 19.4 Å². The van der Waals surface area contributed by atoms with Crippen LogP contribution in [0.2, 0.25) is 0 Å². The van der Waals surface area contributed by atoms with Crippen molar-refractivity contribution in [2.45, 2.75) is 25.8 Å². The second kappa shape index (κ2) is 5.25. The van der Waals surface area contributed by atoms with Crippen molar-refractivity contribution in [3.05, 3.63) is 56.2 Å². The van der Waals surface area contributed by atoms with Crippen LogP contribution < -0.4 is 10.4 Å². The van der Waals surface area contributed by atoms with E-state index in [1.165, 1.54) is 0 Å². The number of ether oxygens (including phenoxy) is 1. The summed E-state index contributed by atoms with van der Waals surface area (Å²) in [4.78, 5) is 14.9. The zero-order valence-electron chi connectivity index (χ0n) is 11.3. The number of nitrogens with one attached hydrogen (secondary N) is 1. The quantitative estimate of drug-likeness (QED) is 0.883. The number of rotatable bonds is 3. The van der Waals surface area contributed by atoms with E-state index in [1.54, 1.807) is 11.7 Å². The lowest BCUT2D eigenvalue weighted by Crippen LogP contribution is -2.27. The highest BCUT2D eigenvalue weighted by molar-refractivity contribution is 7.71. The van der Waals surface area contributed by atoms with Crippen molar-refractivity contribution in [2.24, 2.45) is 0 Å². The number of aromatic amines is 1. The van der Waals surface area contributed by atoms with Crippen LogP contribution in [0.15, 0.2) is 29.1 Å². The maximum absolute atomic E-state index is 12.1. The number of hydrogen-bond acceptors (Lipinski definition) is 3. The molecule has 20 heavy (non-hydrogen) atoms. The van der Waals surface area contributed by atoms with Crippen LogP contribution in [-0.4, -0.2) is 16.7 Å². The van der Waals surface area contributed by atoms with Gasteiger partial charge in [-0.15, -0.1) is 0 Å². The molecule has 1 N–H and O–H groups in total. The smallest absolute Gasteiger partial charge is 0.327 e. The van der Waals surface area contributed by atoms with Gasteiger partial charge in [0.25, 0.3) is 0 Å². The Morgan fingerprint density at radius 1 is 1.30 bits per heavy atom. The molecule has 1 aromatic carbocycles. The number of H-pyrrole nitrogens is 1. The fourth-order valence-corrected chi connectivity index (χ4v) is 3.02. The van der Waals surface area contributed by atoms with Gasteiger partial charge >= 0.3 is 5.69 Å². The van der Waals surface area contributed by atoms with Crippen molar-refractivity contribution in [1.29, 1.82) is 0 Å². The second-order valence-corrected chi connectivity index (χ2v) is 5.38. The molecule has 1 heterocycles. The summed E-state index contributed by atoms with van der Waals surface area (Å²) in [5, 5.41) is 0. The van der Waals surface area contributed by atoms with Crippen molar-refractivity contribution in [3.63, 3.8) is 0 Å². The summed E-state index contributed by atoms with van der Waals surface area (Å²) in [6.45, 7) is 0.567. The second-order valence-electron chi connectivity index (χ2n) is 4.97. The summed E-state index contributed by atoms with van der Waals surface area (Å²) in [5.74, 6) is 0.818. The van der Waals surface area contributed by atoms with Crippen LogP contribution in [0.1, 0.15) is 23.2 Å². The first-order valence-electron chi connectivity index (χ1n) is 6.67. The Bertz CT molecular complexity index is 744. The molecule has 1 aliphatic carbocycles. The molecule has 1 aromatic heterocycles. The van der Waals surface area contributed by atoms with Gasteiger partial charge in [0.05, 0.1) is 13.7 Å². The van der Waals surface area contributed by atoms with Crippen LogP contribution in [0.3, 0.4) is 0 Å². The number of benzene rings is 1. The Morgan fingerprint density at radius 3 is 2.75 bits per heavy atom. The molecule has 0 spiro atoms. The molecule has 0 saturated carbocycles. The Balaban J connectivity index is 2.00. The first-order valence-corrected chi connectivity index (χ1v) is 7.07. The largest absolute Gasteiger partial charge is 0.497 e. The van der Waals surface area contributed by atoms with Crippen molar-refractivity contribution in [3.8, 4) is 5.75 Å². The molecule has 0 saturated heterocycles. The van der Waals surface area contributed by atoms with Gasteiger partial charge in [-0.25, -0.2) is 4.79 Å². The van der Waals surface area contributed by atoms with E-state index in [0.717, 1.165) is 41.8 Å². The van der Waals surface area contributed by atoms with E-state index >= 15 is 0 Å². The first kappa shape index (κ1) is 13.1. The fourth-order valence-electron chi connectivity index (χ4n) is 2.71. The average molecular weight is 288 g/mol. The van der Waals surface area contributed by atoms with Crippen LogP contribution in [0.25, 0.3) is 0 Å². The van der Waals surface area contributed by atoms with Gasteiger partial charge in [0.2, 0.25) is 0 Å². The molecular formula is C15H16N2O2S. The Morgan fingerprint density at radius 2 is 2.05 bits per heavy atom. The lowest BCUT2D eigenvalue weighted by atomic mass is 10.2. The number of fused-ring (bicyclic) bond motifs is 1. The Hall–Kier alpha value is -1.88. The molecule has 5 heteroatoms. The maximum atomic E-state index is 12.1. The van der Waals surface area contributed by atoms with Crippen molar-refractivity contribution < 1.29 is 4.74 Å². The molecule has 104 valence electrons. The summed E-state index contributed by atoms with van der Waals surface area (Å²) in [6, 6.07) is 7.78. The minimum Gasteiger partial charge on any atom is -0.497 e. The van der Waals surface area contributed by atoms with Gasteiger partial charge in [0, 0.05) is 11.3 Å². The molecule has 0 fully saturated rings. The topological polar surface area (TPSA) is 47.0 Å². The fraction of sp³-hybridized carbons (Fsp3) is 0.333. The zero-order valence-corrected chi connectivity index (χ0v) is 12.1. The molecule has 0 aliphatic heterocycles. The van der Waals surface area contributed by atoms with E-state index in [1.807, 2.05) is 24.3 Å². The van der Waals surface area contributed by atoms with Crippen LogP contribution in [0, 0.1) is 4.64 Å². The monoisotopic (exact) mass is 288 g/mol. The van der Waals surface area contributed by atoms with E-state index in [4.69, 9.17) is 17.0 Å². The number of methoxy groups -OCH3 is 1. The summed E-state index contributed by atoms with van der Waals surface area (Å²) >= 11 is 5.24. The number of nitrogens with zero attached hydrogens (tertiary/aromatic N) is 1. The van der Waals surface area contributed by atoms with Gasteiger partial charge in [0.15, 0.2) is 0 Å². The third-order valence-electron chi connectivity index (χ3n) is 3.75. The molecule has 2 aromatic rings. The molecule has 0 amide bonds. The predicted molar refractivity (Wildman–Crippen MR) is 80.0 cm³/mol. The van der Waals surface area contributed by atoms with Crippen molar-refractivity contribution >= 4 is 12.2 Å². The van der Waals surface area contributed by atoms with E-state index in [9.17, 15) is 4.79 Å². The van der Waals surface area contributed by atoms with E-state index in [-0.39, 0.29) is 5.69 Å². The highest BCUT2D eigenvalue weighted by Gasteiger charge is 2.18. The van der Waals surface area contributed by atoms with Gasteiger partial charge in [0.1, 0.15) is 10.4 Å². The summed E-state index contributed by atoms with van der Waals surface area (Å²) < 4.78 is 7.55. The van der Waals surface area contributed by atoms with Gasteiger partial charge in [-0.05, 0) is 37.0 Å². The summed E-state index contributed by atoms with van der Waals surface area (Å²) in [7, 11) is 1.64. The molecule has 3 rings (SSSR count). The Labute approximate surface area is 122 Å². The van der Waals surface area contributed by atoms with Gasteiger partial charge in [-0.2, -0.15) is 0 Å². The van der Waals surface area contributed by atoms with Crippen molar-refractivity contribution in [2.75, 3.05) is 7.11 Å². The highest BCUT2D eigenvalue weighted by Crippen LogP contribution is 2.21.